The molecule has 3 heterocycles. The molecule has 34 heavy (non-hydrogen) atoms. The molecule has 1 N–H and O–H groups in total. The van der Waals surface area contributed by atoms with E-state index in [1.54, 1.807) is 37.6 Å². The van der Waals surface area contributed by atoms with Gasteiger partial charge in [-0.05, 0) is 54.7 Å². The Morgan fingerprint density at radius 2 is 1.91 bits per heavy atom. The van der Waals surface area contributed by atoms with E-state index in [1.165, 1.54) is 6.07 Å². The number of nitrogens with zero attached hydrogens (tertiary/aromatic N) is 3. The maximum atomic E-state index is 11.5. The number of benzene rings is 2. The second kappa shape index (κ2) is 8.95. The van der Waals surface area contributed by atoms with Gasteiger partial charge in [0.15, 0.2) is 5.11 Å². The van der Waals surface area contributed by atoms with E-state index in [4.69, 9.17) is 21.4 Å². The van der Waals surface area contributed by atoms with Crippen LogP contribution in [0.15, 0.2) is 89.5 Å². The van der Waals surface area contributed by atoms with Gasteiger partial charge in [0.05, 0.1) is 29.3 Å². The number of methoxy groups -OCH3 is 1. The molecule has 0 aliphatic carbocycles. The highest BCUT2D eigenvalue weighted by molar-refractivity contribution is 7.80. The highest BCUT2D eigenvalue weighted by Gasteiger charge is 2.42. The summed E-state index contributed by atoms with van der Waals surface area (Å²) < 4.78 is 11.7. The minimum absolute atomic E-state index is 0.0191. The van der Waals surface area contributed by atoms with Crippen LogP contribution in [0.4, 0.5) is 11.4 Å². The van der Waals surface area contributed by atoms with Gasteiger partial charge in [-0.2, -0.15) is 0 Å². The van der Waals surface area contributed by atoms with Crippen LogP contribution in [0.25, 0.3) is 11.3 Å². The SMILES string of the molecule is COc1cccc(N2C(=S)N[C@H](c3ccccn3)[C@H]2c2ccc(-c3ccccc3[N+](=O)[O-])o2)c1. The third-order valence-electron chi connectivity index (χ3n) is 5.71. The fourth-order valence-corrected chi connectivity index (χ4v) is 4.53. The van der Waals surface area contributed by atoms with Gasteiger partial charge in [-0.1, -0.05) is 24.3 Å². The molecule has 0 bridgehead atoms. The van der Waals surface area contributed by atoms with Crippen molar-refractivity contribution in [1.29, 1.82) is 0 Å². The molecule has 1 aliphatic heterocycles. The first-order chi connectivity index (χ1) is 16.6. The third kappa shape index (κ3) is 3.86. The summed E-state index contributed by atoms with van der Waals surface area (Å²) >= 11 is 5.73. The van der Waals surface area contributed by atoms with Crippen molar-refractivity contribution in [2.24, 2.45) is 0 Å². The molecule has 9 heteroatoms. The molecule has 0 radical (unpaired) electrons. The van der Waals surface area contributed by atoms with Gasteiger partial charge in [-0.25, -0.2) is 0 Å². The van der Waals surface area contributed by atoms with Crippen molar-refractivity contribution in [3.05, 3.63) is 107 Å². The van der Waals surface area contributed by atoms with E-state index in [2.05, 4.69) is 10.3 Å². The average Bonchev–Trinajstić information content (AvgIpc) is 3.49. The second-order valence-electron chi connectivity index (χ2n) is 7.67. The van der Waals surface area contributed by atoms with Gasteiger partial charge in [-0.3, -0.25) is 15.1 Å². The molecule has 5 rings (SSSR count). The van der Waals surface area contributed by atoms with Crippen LogP contribution in [-0.4, -0.2) is 22.1 Å². The number of nitro groups is 1. The standard InChI is InChI=1S/C25H20N4O4S/c1-32-17-8-6-7-16(15-17)28-24(23(27-25(28)34)19-10-4-5-14-26-19)22-13-12-21(33-22)18-9-2-3-11-20(18)29(30)31/h2-15,23-24H,1H3,(H,27,34)/t23-,24-/m1/s1. The minimum atomic E-state index is -0.414. The number of para-hydroxylation sites is 1. The largest absolute Gasteiger partial charge is 0.497 e. The lowest BCUT2D eigenvalue weighted by Gasteiger charge is -2.26. The number of nitrogens with one attached hydrogen (secondary N) is 1. The summed E-state index contributed by atoms with van der Waals surface area (Å²) in [6.45, 7) is 0. The molecule has 1 aliphatic rings. The van der Waals surface area contributed by atoms with Crippen LogP contribution in [-0.2, 0) is 0 Å². The van der Waals surface area contributed by atoms with E-state index in [9.17, 15) is 10.1 Å². The lowest BCUT2D eigenvalue weighted by Crippen LogP contribution is -2.29. The third-order valence-corrected chi connectivity index (χ3v) is 6.03. The van der Waals surface area contributed by atoms with E-state index in [0.29, 0.717) is 27.9 Å². The predicted octanol–water partition coefficient (Wildman–Crippen LogP) is 5.44. The summed E-state index contributed by atoms with van der Waals surface area (Å²) in [5.41, 5.74) is 2.01. The van der Waals surface area contributed by atoms with Gasteiger partial charge < -0.3 is 19.4 Å². The first kappa shape index (κ1) is 21.6. The van der Waals surface area contributed by atoms with Crippen LogP contribution in [0.2, 0.25) is 0 Å². The van der Waals surface area contributed by atoms with Gasteiger partial charge in [-0.15, -0.1) is 0 Å². The molecule has 1 saturated heterocycles. The topological polar surface area (TPSA) is 93.7 Å². The van der Waals surface area contributed by atoms with Crippen LogP contribution >= 0.6 is 12.2 Å². The molecule has 2 aromatic carbocycles. The molecule has 1 fully saturated rings. The smallest absolute Gasteiger partial charge is 0.280 e. The molecule has 4 aromatic rings. The van der Waals surface area contributed by atoms with Gasteiger partial charge >= 0.3 is 0 Å². The molecule has 170 valence electrons. The Hall–Kier alpha value is -4.24. The number of rotatable bonds is 6. The zero-order valence-electron chi connectivity index (χ0n) is 18.1. The van der Waals surface area contributed by atoms with Crippen molar-refractivity contribution in [3.8, 4) is 17.1 Å². The Labute approximate surface area is 201 Å². The Morgan fingerprint density at radius 3 is 2.68 bits per heavy atom. The fraction of sp³-hybridized carbons (Fsp3) is 0.120. The van der Waals surface area contributed by atoms with Gasteiger partial charge in [0.2, 0.25) is 0 Å². The number of ether oxygens (including phenoxy) is 1. The van der Waals surface area contributed by atoms with Crippen molar-refractivity contribution < 1.29 is 14.1 Å². The number of aromatic nitrogens is 1. The quantitative estimate of drug-likeness (QED) is 0.225. The molecule has 8 nitrogen and oxygen atoms in total. The normalized spacial score (nSPS) is 17.4. The number of anilines is 1. The molecular weight excluding hydrogens is 452 g/mol. The Balaban J connectivity index is 1.62. The van der Waals surface area contributed by atoms with E-state index in [-0.39, 0.29) is 17.8 Å². The van der Waals surface area contributed by atoms with Crippen LogP contribution in [0.5, 0.6) is 5.75 Å². The molecule has 0 amide bonds. The van der Waals surface area contributed by atoms with E-state index < -0.39 is 4.92 Å². The number of pyridine rings is 1. The zero-order chi connectivity index (χ0) is 23.7. The number of hydrogen-bond acceptors (Lipinski definition) is 6. The van der Waals surface area contributed by atoms with E-state index in [0.717, 1.165) is 11.4 Å². The molecule has 0 saturated carbocycles. The minimum Gasteiger partial charge on any atom is -0.497 e. The number of hydrogen-bond donors (Lipinski definition) is 1. The molecule has 0 spiro atoms. The number of nitro benzene ring substituents is 1. The van der Waals surface area contributed by atoms with E-state index in [1.807, 2.05) is 53.4 Å². The Morgan fingerprint density at radius 1 is 1.09 bits per heavy atom. The molecule has 2 atom stereocenters. The summed E-state index contributed by atoms with van der Waals surface area (Å²) in [6, 6.07) is 22.7. The lowest BCUT2D eigenvalue weighted by molar-refractivity contribution is -0.384. The Kier molecular flexibility index (Phi) is 5.69. The monoisotopic (exact) mass is 472 g/mol. The summed E-state index contributed by atoms with van der Waals surface area (Å²) in [5.74, 6) is 1.70. The highest BCUT2D eigenvalue weighted by Crippen LogP contribution is 2.44. The van der Waals surface area contributed by atoms with Crippen molar-refractivity contribution >= 4 is 28.7 Å². The summed E-state index contributed by atoms with van der Waals surface area (Å²) in [6.07, 6.45) is 1.73. The molecular formula is C25H20N4O4S. The van der Waals surface area contributed by atoms with Crippen LogP contribution in [0.3, 0.4) is 0 Å². The number of thiocarbonyl (C=S) groups is 1. The van der Waals surface area contributed by atoms with E-state index >= 15 is 0 Å². The Bertz CT molecular complexity index is 1360. The maximum Gasteiger partial charge on any atom is 0.280 e. The van der Waals surface area contributed by atoms with Crippen molar-refractivity contribution in [2.45, 2.75) is 12.1 Å². The first-order valence-corrected chi connectivity index (χ1v) is 11.0. The summed E-state index contributed by atoms with van der Waals surface area (Å²) in [5, 5.41) is 15.4. The van der Waals surface area contributed by atoms with Gasteiger partial charge in [0.1, 0.15) is 23.3 Å². The van der Waals surface area contributed by atoms with Crippen LogP contribution < -0.4 is 15.0 Å². The summed E-state index contributed by atoms with van der Waals surface area (Å²) in [4.78, 5) is 17.6. The zero-order valence-corrected chi connectivity index (χ0v) is 18.9. The molecule has 2 aromatic heterocycles. The second-order valence-corrected chi connectivity index (χ2v) is 8.06. The highest BCUT2D eigenvalue weighted by atomic mass is 32.1. The van der Waals surface area contributed by atoms with Gasteiger partial charge in [0, 0.05) is 24.0 Å². The average molecular weight is 473 g/mol. The van der Waals surface area contributed by atoms with Crippen LogP contribution in [0, 0.1) is 10.1 Å². The van der Waals surface area contributed by atoms with Crippen molar-refractivity contribution in [3.63, 3.8) is 0 Å². The maximum absolute atomic E-state index is 11.5. The van der Waals surface area contributed by atoms with Crippen molar-refractivity contribution in [1.82, 2.24) is 10.3 Å². The van der Waals surface area contributed by atoms with Crippen LogP contribution in [0.1, 0.15) is 23.5 Å². The number of furan rings is 1. The van der Waals surface area contributed by atoms with Gasteiger partial charge in [0.25, 0.3) is 5.69 Å². The first-order valence-electron chi connectivity index (χ1n) is 10.5. The molecule has 0 unspecified atom stereocenters. The van der Waals surface area contributed by atoms with Crippen molar-refractivity contribution in [2.75, 3.05) is 12.0 Å². The summed E-state index contributed by atoms with van der Waals surface area (Å²) in [7, 11) is 1.61. The lowest BCUT2D eigenvalue weighted by atomic mass is 10.0. The fourth-order valence-electron chi connectivity index (χ4n) is 4.18. The predicted molar refractivity (Wildman–Crippen MR) is 132 cm³/mol.